The average molecular weight is 451 g/mol. The van der Waals surface area contributed by atoms with E-state index < -0.39 is 0 Å². The molecule has 3 aromatic rings. The summed E-state index contributed by atoms with van der Waals surface area (Å²) in [6, 6.07) is 24.0. The van der Waals surface area contributed by atoms with Crippen LogP contribution in [0.3, 0.4) is 0 Å². The van der Waals surface area contributed by atoms with Gasteiger partial charge in [0.25, 0.3) is 11.8 Å². The van der Waals surface area contributed by atoms with Gasteiger partial charge in [-0.25, -0.2) is 0 Å². The molecule has 0 atom stereocenters. The number of hydrogen-bond acceptors (Lipinski definition) is 3. The van der Waals surface area contributed by atoms with Gasteiger partial charge in [0.1, 0.15) is 5.70 Å². The highest BCUT2D eigenvalue weighted by Gasteiger charge is 2.40. The Bertz CT molecular complexity index is 1160. The summed E-state index contributed by atoms with van der Waals surface area (Å²) in [4.78, 5) is 30.0. The number of amides is 2. The van der Waals surface area contributed by atoms with Gasteiger partial charge in [-0.15, -0.1) is 0 Å². The lowest BCUT2D eigenvalue weighted by Crippen LogP contribution is -2.33. The van der Waals surface area contributed by atoms with E-state index in [-0.39, 0.29) is 18.4 Å². The van der Waals surface area contributed by atoms with Crippen molar-refractivity contribution in [3.63, 3.8) is 0 Å². The first-order valence-corrected chi connectivity index (χ1v) is 10.6. The van der Waals surface area contributed by atoms with Gasteiger partial charge in [0.15, 0.2) is 0 Å². The van der Waals surface area contributed by atoms with Crippen LogP contribution in [0.4, 0.5) is 0 Å². The Morgan fingerprint density at radius 2 is 1.45 bits per heavy atom. The van der Waals surface area contributed by atoms with E-state index in [1.807, 2.05) is 60.5 Å². The van der Waals surface area contributed by atoms with Gasteiger partial charge in [-0.3, -0.25) is 14.5 Å². The maximum absolute atomic E-state index is 13.5. The number of carbonyl (C=O) groups excluding carboxylic acids is 2. The van der Waals surface area contributed by atoms with Crippen molar-refractivity contribution < 1.29 is 9.59 Å². The number of benzene rings is 3. The molecule has 0 spiro atoms. The van der Waals surface area contributed by atoms with E-state index in [0.717, 1.165) is 5.56 Å². The third-order valence-corrected chi connectivity index (χ3v) is 5.83. The van der Waals surface area contributed by atoms with Gasteiger partial charge in [-0.05, 0) is 34.9 Å². The molecule has 2 amide bonds. The number of halogens is 2. The molecule has 156 valence electrons. The third kappa shape index (κ3) is 4.36. The Balaban J connectivity index is 1.74. The first-order valence-electron chi connectivity index (χ1n) is 9.80. The maximum Gasteiger partial charge on any atom is 0.278 e. The second kappa shape index (κ2) is 8.96. The normalized spacial score (nSPS) is 13.8. The van der Waals surface area contributed by atoms with Gasteiger partial charge in [-0.2, -0.15) is 0 Å². The zero-order valence-corrected chi connectivity index (χ0v) is 18.4. The summed E-state index contributed by atoms with van der Waals surface area (Å²) in [5, 5.41) is 1.08. The summed E-state index contributed by atoms with van der Waals surface area (Å²) < 4.78 is 0. The fourth-order valence-corrected chi connectivity index (χ4v) is 3.99. The molecule has 0 N–H and O–H groups in total. The molecule has 0 saturated carbocycles. The molecule has 4 rings (SSSR count). The van der Waals surface area contributed by atoms with Crippen molar-refractivity contribution in [1.29, 1.82) is 0 Å². The van der Waals surface area contributed by atoms with E-state index in [4.69, 9.17) is 23.2 Å². The number of carbonyl (C=O) groups is 2. The lowest BCUT2D eigenvalue weighted by Gasteiger charge is -2.22. The van der Waals surface area contributed by atoms with Gasteiger partial charge in [-0.1, -0.05) is 83.9 Å². The molecule has 0 bridgehead atoms. The van der Waals surface area contributed by atoms with Crippen LogP contribution in [-0.2, 0) is 22.7 Å². The SMILES string of the molecule is CN(Cc1ccccc1)C1=C(c2ccc(Cl)cc2)C(=O)N(Cc2ccccc2Cl)C1=O. The van der Waals surface area contributed by atoms with Gasteiger partial charge < -0.3 is 4.90 Å². The Morgan fingerprint density at radius 3 is 2.13 bits per heavy atom. The molecule has 4 nitrogen and oxygen atoms in total. The summed E-state index contributed by atoms with van der Waals surface area (Å²) in [6.07, 6.45) is 0. The molecule has 0 saturated heterocycles. The van der Waals surface area contributed by atoms with Gasteiger partial charge >= 0.3 is 0 Å². The van der Waals surface area contributed by atoms with Crippen LogP contribution in [0.15, 0.2) is 84.6 Å². The molecule has 3 aromatic carbocycles. The van der Waals surface area contributed by atoms with Crippen LogP contribution < -0.4 is 0 Å². The minimum absolute atomic E-state index is 0.108. The second-order valence-electron chi connectivity index (χ2n) is 7.36. The molecular formula is C25H20Cl2N2O2. The zero-order valence-electron chi connectivity index (χ0n) is 16.9. The van der Waals surface area contributed by atoms with Crippen LogP contribution >= 0.6 is 23.2 Å². The smallest absolute Gasteiger partial charge is 0.278 e. The summed E-state index contributed by atoms with van der Waals surface area (Å²) in [7, 11) is 1.82. The molecule has 0 radical (unpaired) electrons. The van der Waals surface area contributed by atoms with Gasteiger partial charge in [0.2, 0.25) is 0 Å². The molecule has 0 fully saturated rings. The molecule has 1 aliphatic heterocycles. The number of imide groups is 1. The largest absolute Gasteiger partial charge is 0.365 e. The minimum atomic E-state index is -0.345. The lowest BCUT2D eigenvalue weighted by molar-refractivity contribution is -0.138. The Morgan fingerprint density at radius 1 is 0.806 bits per heavy atom. The molecule has 0 unspecified atom stereocenters. The van der Waals surface area contributed by atoms with E-state index in [9.17, 15) is 9.59 Å². The molecule has 0 aromatic heterocycles. The van der Waals surface area contributed by atoms with Crippen LogP contribution in [0.25, 0.3) is 5.57 Å². The Labute approximate surface area is 191 Å². The maximum atomic E-state index is 13.5. The monoisotopic (exact) mass is 450 g/mol. The van der Waals surface area contributed by atoms with E-state index in [1.165, 1.54) is 4.90 Å². The fourth-order valence-electron chi connectivity index (χ4n) is 3.67. The predicted octanol–water partition coefficient (Wildman–Crippen LogP) is 5.41. The average Bonchev–Trinajstić information content (AvgIpc) is 3.01. The predicted molar refractivity (Wildman–Crippen MR) is 123 cm³/mol. The first kappa shape index (κ1) is 21.2. The number of rotatable bonds is 6. The van der Waals surface area contributed by atoms with Crippen LogP contribution in [0.1, 0.15) is 16.7 Å². The first-order chi connectivity index (χ1) is 15.0. The third-order valence-electron chi connectivity index (χ3n) is 5.21. The van der Waals surface area contributed by atoms with Crippen molar-refractivity contribution in [1.82, 2.24) is 9.80 Å². The topological polar surface area (TPSA) is 40.6 Å². The Hall–Kier alpha value is -3.08. The minimum Gasteiger partial charge on any atom is -0.365 e. The molecule has 1 aliphatic rings. The highest BCUT2D eigenvalue weighted by molar-refractivity contribution is 6.36. The van der Waals surface area contributed by atoms with Crippen LogP contribution in [-0.4, -0.2) is 28.7 Å². The molecule has 0 aliphatic carbocycles. The number of hydrogen-bond donors (Lipinski definition) is 0. The summed E-state index contributed by atoms with van der Waals surface area (Å²) in [5.41, 5.74) is 3.14. The number of nitrogens with zero attached hydrogens (tertiary/aromatic N) is 2. The Kier molecular flexibility index (Phi) is 6.12. The highest BCUT2D eigenvalue weighted by Crippen LogP contribution is 2.34. The lowest BCUT2D eigenvalue weighted by atomic mass is 10.0. The van der Waals surface area contributed by atoms with Gasteiger partial charge in [0, 0.05) is 23.6 Å². The molecule has 6 heteroatoms. The highest BCUT2D eigenvalue weighted by atomic mass is 35.5. The fraction of sp³-hybridized carbons (Fsp3) is 0.120. The molecular weight excluding hydrogens is 431 g/mol. The van der Waals surface area contributed by atoms with Crippen LogP contribution in [0.2, 0.25) is 10.0 Å². The van der Waals surface area contributed by atoms with Crippen molar-refractivity contribution >= 4 is 40.6 Å². The number of likely N-dealkylation sites (N-methyl/N-ethyl adjacent to an activating group) is 1. The summed E-state index contributed by atoms with van der Waals surface area (Å²) in [5.74, 6) is -0.685. The molecule has 1 heterocycles. The van der Waals surface area contributed by atoms with Crippen molar-refractivity contribution in [3.05, 3.63) is 111 Å². The van der Waals surface area contributed by atoms with E-state index >= 15 is 0 Å². The van der Waals surface area contributed by atoms with Crippen molar-refractivity contribution in [2.45, 2.75) is 13.1 Å². The van der Waals surface area contributed by atoms with Crippen LogP contribution in [0, 0.1) is 0 Å². The van der Waals surface area contributed by atoms with Gasteiger partial charge in [0.05, 0.1) is 12.1 Å². The van der Waals surface area contributed by atoms with Crippen molar-refractivity contribution in [2.75, 3.05) is 7.05 Å². The quantitative estimate of drug-likeness (QED) is 0.471. The van der Waals surface area contributed by atoms with E-state index in [2.05, 4.69) is 0 Å². The summed E-state index contributed by atoms with van der Waals surface area (Å²) in [6.45, 7) is 0.601. The zero-order chi connectivity index (χ0) is 22.0. The summed E-state index contributed by atoms with van der Waals surface area (Å²) >= 11 is 12.3. The van der Waals surface area contributed by atoms with Crippen LogP contribution in [0.5, 0.6) is 0 Å². The standard InChI is InChI=1S/C25H20Cl2N2O2/c1-28(15-17-7-3-2-4-8-17)23-22(18-11-13-20(26)14-12-18)24(30)29(25(23)31)16-19-9-5-6-10-21(19)27/h2-14H,15-16H2,1H3. The molecule has 31 heavy (non-hydrogen) atoms. The van der Waals surface area contributed by atoms with E-state index in [1.54, 1.807) is 30.3 Å². The second-order valence-corrected chi connectivity index (χ2v) is 8.20. The van der Waals surface area contributed by atoms with E-state index in [0.29, 0.717) is 39.0 Å². The van der Waals surface area contributed by atoms with Crippen molar-refractivity contribution in [2.24, 2.45) is 0 Å². The van der Waals surface area contributed by atoms with Crippen molar-refractivity contribution in [3.8, 4) is 0 Å².